The molecule has 0 bridgehead atoms. The van der Waals surface area contributed by atoms with E-state index >= 15 is 0 Å². The topological polar surface area (TPSA) is 156 Å². The maximum Gasteiger partial charge on any atom is 0.257 e. The van der Waals surface area contributed by atoms with Gasteiger partial charge in [0.05, 0.1) is 45.3 Å². The molecule has 2 aliphatic rings. The van der Waals surface area contributed by atoms with Crippen molar-refractivity contribution in [1.82, 2.24) is 15.4 Å². The van der Waals surface area contributed by atoms with Gasteiger partial charge in [0.1, 0.15) is 4.75 Å². The fraction of sp³-hybridized carbons (Fsp3) is 0.400. The smallest absolute Gasteiger partial charge is 0.257 e. The minimum Gasteiger partial charge on any atom is -0.493 e. The van der Waals surface area contributed by atoms with Crippen LogP contribution in [0.25, 0.3) is 21.8 Å². The van der Waals surface area contributed by atoms with Crippen molar-refractivity contribution >= 4 is 33.0 Å². The molecule has 2 fully saturated rings. The zero-order valence-corrected chi connectivity index (χ0v) is 29.6. The number of benzene rings is 2. The Hall–Kier alpha value is -4.44. The average molecular weight is 726 g/mol. The number of nitrogens with one attached hydrogen (secondary N) is 1. The first kappa shape index (κ1) is 35.4. The van der Waals surface area contributed by atoms with Gasteiger partial charge in [-0.2, -0.15) is 0 Å². The zero-order chi connectivity index (χ0) is 35.3. The Kier molecular flexibility index (Phi) is 10.8. The first-order valence-corrected chi connectivity index (χ1v) is 18.6. The van der Waals surface area contributed by atoms with Crippen LogP contribution in [0.15, 0.2) is 65.5 Å². The summed E-state index contributed by atoms with van der Waals surface area (Å²) in [5.41, 5.74) is 4.36. The Morgan fingerprint density at radius 3 is 2.44 bits per heavy atom. The normalized spacial score (nSPS) is 20.5. The Morgan fingerprint density at radius 1 is 0.980 bits per heavy atom. The summed E-state index contributed by atoms with van der Waals surface area (Å²) in [7, 11) is 0.304. The second-order valence-corrected chi connectivity index (χ2v) is 15.5. The lowest BCUT2D eigenvalue weighted by atomic mass is 9.97. The van der Waals surface area contributed by atoms with Gasteiger partial charge in [-0.25, -0.2) is 23.7 Å². The Morgan fingerprint density at radius 2 is 1.76 bits per heavy atom. The molecule has 2 aromatic carbocycles. The molecule has 0 spiro atoms. The van der Waals surface area contributed by atoms with Crippen molar-refractivity contribution in [1.29, 1.82) is 0 Å². The summed E-state index contributed by atoms with van der Waals surface area (Å²) >= 11 is 1.30. The van der Waals surface area contributed by atoms with Gasteiger partial charge in [-0.05, 0) is 49.1 Å². The maximum atomic E-state index is 14.4. The van der Waals surface area contributed by atoms with Crippen molar-refractivity contribution in [2.24, 2.45) is 0 Å². The van der Waals surface area contributed by atoms with Crippen LogP contribution < -0.4 is 19.7 Å². The molecule has 15 heteroatoms. The molecule has 50 heavy (non-hydrogen) atoms. The van der Waals surface area contributed by atoms with Gasteiger partial charge in [0, 0.05) is 41.4 Å². The van der Waals surface area contributed by atoms with E-state index in [0.717, 1.165) is 28.8 Å². The van der Waals surface area contributed by atoms with Crippen LogP contribution in [0, 0.1) is 0 Å². The number of aromatic nitrogens is 1. The summed E-state index contributed by atoms with van der Waals surface area (Å²) in [4.78, 5) is 39.8. The molecule has 2 aliphatic heterocycles. The van der Waals surface area contributed by atoms with Gasteiger partial charge in [-0.15, -0.1) is 11.3 Å². The number of nitrogens with zero attached hydrogens (tertiary/aromatic N) is 2. The third kappa shape index (κ3) is 7.08. The molecule has 6 rings (SSSR count). The van der Waals surface area contributed by atoms with Crippen molar-refractivity contribution in [2.45, 2.75) is 43.1 Å². The molecular formula is C35H39N3O10S2. The molecule has 2 atom stereocenters. The van der Waals surface area contributed by atoms with E-state index in [4.69, 9.17) is 28.2 Å². The van der Waals surface area contributed by atoms with Gasteiger partial charge in [-0.3, -0.25) is 9.59 Å². The summed E-state index contributed by atoms with van der Waals surface area (Å²) < 4.78 is 54.6. The van der Waals surface area contributed by atoms with Crippen LogP contribution in [0.2, 0.25) is 0 Å². The minimum atomic E-state index is -4.03. The van der Waals surface area contributed by atoms with E-state index in [1.165, 1.54) is 44.0 Å². The van der Waals surface area contributed by atoms with E-state index in [1.807, 2.05) is 30.3 Å². The molecule has 4 aromatic rings. The number of rotatable bonds is 11. The van der Waals surface area contributed by atoms with Gasteiger partial charge in [0.2, 0.25) is 11.7 Å². The van der Waals surface area contributed by atoms with Crippen molar-refractivity contribution in [3.63, 3.8) is 0 Å². The number of sulfone groups is 1. The SMILES string of the molecule is COc1ccc(C(=O)N2CCC(CC(=O)NOC3CCCCO3)(c3ccc(-c4ccc(-c5cnco5)cc4)s3)S(=O)(=O)CC2)c(OC)c1OC. The van der Waals surface area contributed by atoms with Gasteiger partial charge < -0.3 is 28.3 Å². The largest absolute Gasteiger partial charge is 0.493 e. The van der Waals surface area contributed by atoms with Crippen LogP contribution in [-0.2, 0) is 29.0 Å². The Bertz CT molecular complexity index is 1900. The summed E-state index contributed by atoms with van der Waals surface area (Å²) in [6.07, 6.45) is 4.36. The number of thiophene rings is 1. The highest BCUT2D eigenvalue weighted by Gasteiger charge is 2.50. The summed E-state index contributed by atoms with van der Waals surface area (Å²) in [6, 6.07) is 14.4. The van der Waals surface area contributed by atoms with Crippen LogP contribution in [0.3, 0.4) is 0 Å². The molecule has 2 unspecified atom stereocenters. The number of ether oxygens (including phenoxy) is 4. The highest BCUT2D eigenvalue weighted by Crippen LogP contribution is 2.46. The predicted molar refractivity (Wildman–Crippen MR) is 185 cm³/mol. The fourth-order valence-electron chi connectivity index (χ4n) is 6.34. The number of hydrogen-bond acceptors (Lipinski definition) is 12. The van der Waals surface area contributed by atoms with Crippen LogP contribution in [0.5, 0.6) is 17.2 Å². The lowest BCUT2D eigenvalue weighted by Gasteiger charge is -2.31. The van der Waals surface area contributed by atoms with E-state index in [-0.39, 0.29) is 42.3 Å². The molecule has 1 N–H and O–H groups in total. The molecule has 13 nitrogen and oxygen atoms in total. The molecule has 2 saturated heterocycles. The lowest BCUT2D eigenvalue weighted by molar-refractivity contribution is -0.200. The number of methoxy groups -OCH3 is 3. The molecular weight excluding hydrogens is 687 g/mol. The van der Waals surface area contributed by atoms with E-state index in [9.17, 15) is 18.0 Å². The molecule has 0 aliphatic carbocycles. The molecule has 4 heterocycles. The minimum absolute atomic E-state index is 0.0333. The number of hydroxylamine groups is 1. The molecule has 2 amide bonds. The van der Waals surface area contributed by atoms with Crippen LogP contribution in [0.4, 0.5) is 0 Å². The average Bonchev–Trinajstić information content (AvgIpc) is 3.85. The van der Waals surface area contributed by atoms with Crippen LogP contribution >= 0.6 is 11.3 Å². The van der Waals surface area contributed by atoms with Crippen molar-refractivity contribution in [2.75, 3.05) is 46.8 Å². The maximum absolute atomic E-state index is 14.4. The van der Waals surface area contributed by atoms with Crippen molar-refractivity contribution in [3.05, 3.63) is 71.6 Å². The third-order valence-corrected chi connectivity index (χ3v) is 13.0. The number of carbonyl (C=O) groups is 2. The second-order valence-electron chi connectivity index (χ2n) is 12.0. The molecule has 2 aromatic heterocycles. The first-order valence-electron chi connectivity index (χ1n) is 16.2. The standard InChI is InChI=1S/C35H39N3O10S2/c1-43-26-12-11-25(32(44-2)33(26)45-3)34(40)38-16-15-35(50(41,42)19-17-38,20-30(39)37-48-31-6-4-5-18-46-31)29-14-13-28(49-29)24-9-7-23(8-10-24)27-21-36-22-47-27/h7-14,21-22,31H,4-6,15-20H2,1-3H3,(H,37,39). The molecule has 266 valence electrons. The number of hydrogen-bond donors (Lipinski definition) is 1. The van der Waals surface area contributed by atoms with E-state index in [1.54, 1.807) is 24.4 Å². The van der Waals surface area contributed by atoms with E-state index < -0.39 is 39.1 Å². The fourth-order valence-corrected chi connectivity index (χ4v) is 9.95. The van der Waals surface area contributed by atoms with Crippen molar-refractivity contribution < 1.29 is 46.2 Å². The highest BCUT2D eigenvalue weighted by molar-refractivity contribution is 7.92. The summed E-state index contributed by atoms with van der Waals surface area (Å²) in [5.74, 6) is 0.0260. The number of oxazole rings is 1. The summed E-state index contributed by atoms with van der Waals surface area (Å²) in [6.45, 7) is 0.481. The first-order chi connectivity index (χ1) is 24.2. The van der Waals surface area contributed by atoms with Gasteiger partial charge in [0.15, 0.2) is 39.8 Å². The monoisotopic (exact) mass is 725 g/mol. The second kappa shape index (κ2) is 15.2. The predicted octanol–water partition coefficient (Wildman–Crippen LogP) is 5.22. The van der Waals surface area contributed by atoms with Gasteiger partial charge in [-0.1, -0.05) is 24.3 Å². The van der Waals surface area contributed by atoms with E-state index in [0.29, 0.717) is 29.4 Å². The Balaban J connectivity index is 1.32. The Labute approximate surface area is 294 Å². The van der Waals surface area contributed by atoms with Gasteiger partial charge >= 0.3 is 0 Å². The van der Waals surface area contributed by atoms with Crippen LogP contribution in [0.1, 0.15) is 47.3 Å². The highest BCUT2D eigenvalue weighted by atomic mass is 32.2. The zero-order valence-electron chi connectivity index (χ0n) is 28.0. The quantitative estimate of drug-likeness (QED) is 0.203. The summed E-state index contributed by atoms with van der Waals surface area (Å²) in [5, 5.41) is 0. The van der Waals surface area contributed by atoms with E-state index in [2.05, 4.69) is 10.5 Å². The van der Waals surface area contributed by atoms with Crippen LogP contribution in [-0.4, -0.2) is 83.2 Å². The number of carbonyl (C=O) groups excluding carboxylic acids is 2. The van der Waals surface area contributed by atoms with Crippen molar-refractivity contribution in [3.8, 4) is 39.0 Å². The lowest BCUT2D eigenvalue weighted by Crippen LogP contribution is -2.43. The van der Waals surface area contributed by atoms with Gasteiger partial charge in [0.25, 0.3) is 5.91 Å². The third-order valence-electron chi connectivity index (χ3n) is 9.06. The molecule has 0 saturated carbocycles. The molecule has 0 radical (unpaired) electrons. The number of amides is 2.